The standard InChI is InChI=1S/C18H20ClN5OS/c1-11-8-23(12(2)7-20-11)17-6-4-13-3-5-16(24(13)22-17)18(25)21-15-10-26-9-14(15)19/h3-6,9-12,20H,7-8H2,1-2H3,(H,21,25)/t11-,12-/m1/s1. The number of anilines is 2. The van der Waals surface area contributed by atoms with Crippen molar-refractivity contribution in [3.8, 4) is 0 Å². The number of piperazine rings is 1. The summed E-state index contributed by atoms with van der Waals surface area (Å²) in [4.78, 5) is 15.0. The Hall–Kier alpha value is -2.09. The van der Waals surface area contributed by atoms with Gasteiger partial charge < -0.3 is 15.5 Å². The van der Waals surface area contributed by atoms with E-state index < -0.39 is 0 Å². The van der Waals surface area contributed by atoms with Crippen molar-refractivity contribution in [2.45, 2.75) is 25.9 Å². The molecule has 136 valence electrons. The van der Waals surface area contributed by atoms with Gasteiger partial charge in [-0.3, -0.25) is 4.79 Å². The van der Waals surface area contributed by atoms with Crippen molar-refractivity contribution in [1.29, 1.82) is 0 Å². The van der Waals surface area contributed by atoms with Crippen LogP contribution in [0, 0.1) is 0 Å². The quantitative estimate of drug-likeness (QED) is 0.719. The molecular formula is C18H20ClN5OS. The molecule has 0 radical (unpaired) electrons. The van der Waals surface area contributed by atoms with E-state index in [-0.39, 0.29) is 5.91 Å². The molecule has 0 spiro atoms. The number of amides is 1. The summed E-state index contributed by atoms with van der Waals surface area (Å²) in [6.45, 7) is 6.13. The van der Waals surface area contributed by atoms with Gasteiger partial charge in [0, 0.05) is 35.9 Å². The molecule has 3 aromatic rings. The molecule has 6 nitrogen and oxygen atoms in total. The lowest BCUT2D eigenvalue weighted by molar-refractivity contribution is 0.102. The van der Waals surface area contributed by atoms with Gasteiger partial charge in [-0.25, -0.2) is 4.52 Å². The topological polar surface area (TPSA) is 61.7 Å². The van der Waals surface area contributed by atoms with Gasteiger partial charge in [0.2, 0.25) is 0 Å². The Labute approximate surface area is 160 Å². The number of hydrogen-bond donors (Lipinski definition) is 2. The van der Waals surface area contributed by atoms with E-state index >= 15 is 0 Å². The van der Waals surface area contributed by atoms with Crippen LogP contribution in [-0.4, -0.2) is 40.7 Å². The van der Waals surface area contributed by atoms with E-state index in [2.05, 4.69) is 29.4 Å². The number of carbonyl (C=O) groups is 1. The fourth-order valence-electron chi connectivity index (χ4n) is 3.20. The lowest BCUT2D eigenvalue weighted by Crippen LogP contribution is -2.54. The van der Waals surface area contributed by atoms with Gasteiger partial charge in [-0.05, 0) is 38.1 Å². The van der Waals surface area contributed by atoms with Crippen LogP contribution < -0.4 is 15.5 Å². The normalized spacial score (nSPS) is 20.5. The van der Waals surface area contributed by atoms with Crippen molar-refractivity contribution in [2.24, 2.45) is 0 Å². The molecule has 4 rings (SSSR count). The van der Waals surface area contributed by atoms with Crippen molar-refractivity contribution in [2.75, 3.05) is 23.3 Å². The van der Waals surface area contributed by atoms with E-state index in [1.54, 1.807) is 16.0 Å². The summed E-state index contributed by atoms with van der Waals surface area (Å²) in [6.07, 6.45) is 0. The van der Waals surface area contributed by atoms with Crippen LogP contribution in [0.3, 0.4) is 0 Å². The lowest BCUT2D eigenvalue weighted by atomic mass is 10.1. The predicted molar refractivity (Wildman–Crippen MR) is 107 cm³/mol. The van der Waals surface area contributed by atoms with E-state index in [1.807, 2.05) is 23.6 Å². The first-order valence-corrected chi connectivity index (χ1v) is 9.87. The van der Waals surface area contributed by atoms with Gasteiger partial charge in [-0.1, -0.05) is 11.6 Å². The monoisotopic (exact) mass is 389 g/mol. The average molecular weight is 390 g/mol. The van der Waals surface area contributed by atoms with Crippen molar-refractivity contribution in [3.63, 3.8) is 0 Å². The van der Waals surface area contributed by atoms with Gasteiger partial charge >= 0.3 is 0 Å². The zero-order valence-electron chi connectivity index (χ0n) is 14.6. The molecule has 0 saturated carbocycles. The number of rotatable bonds is 3. The molecule has 0 aromatic carbocycles. The number of thiophene rings is 1. The van der Waals surface area contributed by atoms with E-state index in [0.29, 0.717) is 28.5 Å². The second-order valence-corrected chi connectivity index (χ2v) is 7.80. The van der Waals surface area contributed by atoms with Crippen molar-refractivity contribution in [1.82, 2.24) is 14.9 Å². The Kier molecular flexibility index (Phi) is 4.60. The minimum Gasteiger partial charge on any atom is -0.350 e. The Morgan fingerprint density at radius 3 is 2.88 bits per heavy atom. The molecule has 0 unspecified atom stereocenters. The molecule has 1 aliphatic rings. The SMILES string of the molecule is C[C@@H]1CN(c2ccc3ccc(C(=O)Nc4cscc4Cl)n3n2)[C@H](C)CN1. The third kappa shape index (κ3) is 3.18. The zero-order chi connectivity index (χ0) is 18.3. The fourth-order valence-corrected chi connectivity index (χ4v) is 4.16. The van der Waals surface area contributed by atoms with Crippen molar-refractivity contribution in [3.05, 3.63) is 45.7 Å². The first-order chi connectivity index (χ1) is 12.5. The minimum absolute atomic E-state index is 0.225. The number of nitrogens with zero attached hydrogens (tertiary/aromatic N) is 3. The van der Waals surface area contributed by atoms with Crippen molar-refractivity contribution < 1.29 is 4.79 Å². The summed E-state index contributed by atoms with van der Waals surface area (Å²) in [5.74, 6) is 0.647. The molecule has 2 atom stereocenters. The van der Waals surface area contributed by atoms with Crippen LogP contribution >= 0.6 is 22.9 Å². The van der Waals surface area contributed by atoms with Gasteiger partial charge in [0.05, 0.1) is 16.2 Å². The predicted octanol–water partition coefficient (Wildman–Crippen LogP) is 3.49. The highest BCUT2D eigenvalue weighted by Gasteiger charge is 2.24. The Morgan fingerprint density at radius 1 is 1.31 bits per heavy atom. The zero-order valence-corrected chi connectivity index (χ0v) is 16.1. The summed E-state index contributed by atoms with van der Waals surface area (Å²) < 4.78 is 1.70. The number of hydrogen-bond acceptors (Lipinski definition) is 5. The number of halogens is 1. The second-order valence-electron chi connectivity index (χ2n) is 6.64. The summed E-state index contributed by atoms with van der Waals surface area (Å²) in [7, 11) is 0. The highest BCUT2D eigenvalue weighted by atomic mass is 35.5. The largest absolute Gasteiger partial charge is 0.350 e. The second kappa shape index (κ2) is 6.90. The molecule has 3 aromatic heterocycles. The fraction of sp³-hybridized carbons (Fsp3) is 0.333. The molecule has 26 heavy (non-hydrogen) atoms. The lowest BCUT2D eigenvalue weighted by Gasteiger charge is -2.38. The Balaban J connectivity index is 1.66. The maximum atomic E-state index is 12.7. The van der Waals surface area contributed by atoms with E-state index in [9.17, 15) is 4.79 Å². The first-order valence-electron chi connectivity index (χ1n) is 8.55. The van der Waals surface area contributed by atoms with Gasteiger partial charge in [0.25, 0.3) is 5.91 Å². The van der Waals surface area contributed by atoms with Crippen LogP contribution in [0.5, 0.6) is 0 Å². The molecule has 2 N–H and O–H groups in total. The third-order valence-corrected chi connectivity index (χ3v) is 5.83. The Bertz CT molecular complexity index is 952. The molecular weight excluding hydrogens is 370 g/mol. The van der Waals surface area contributed by atoms with Crippen molar-refractivity contribution >= 4 is 45.9 Å². The molecule has 1 saturated heterocycles. The van der Waals surface area contributed by atoms with Crippen LogP contribution in [0.1, 0.15) is 24.3 Å². The molecule has 4 heterocycles. The highest BCUT2D eigenvalue weighted by molar-refractivity contribution is 7.09. The maximum absolute atomic E-state index is 12.7. The number of carbonyl (C=O) groups excluding carboxylic acids is 1. The van der Waals surface area contributed by atoms with Gasteiger partial charge in [0.15, 0.2) is 0 Å². The van der Waals surface area contributed by atoms with Crippen LogP contribution in [-0.2, 0) is 0 Å². The van der Waals surface area contributed by atoms with Gasteiger partial charge in [0.1, 0.15) is 11.5 Å². The molecule has 8 heteroatoms. The molecule has 0 bridgehead atoms. The minimum atomic E-state index is -0.225. The summed E-state index contributed by atoms with van der Waals surface area (Å²) in [5.41, 5.74) is 1.99. The number of nitrogens with one attached hydrogen (secondary N) is 2. The van der Waals surface area contributed by atoms with Crippen LogP contribution in [0.2, 0.25) is 5.02 Å². The molecule has 1 amide bonds. The van der Waals surface area contributed by atoms with Crippen LogP contribution in [0.4, 0.5) is 11.5 Å². The summed E-state index contributed by atoms with van der Waals surface area (Å²) >= 11 is 7.53. The third-order valence-electron chi connectivity index (χ3n) is 4.64. The highest BCUT2D eigenvalue weighted by Crippen LogP contribution is 2.27. The van der Waals surface area contributed by atoms with Gasteiger partial charge in [-0.15, -0.1) is 16.4 Å². The Morgan fingerprint density at radius 2 is 2.12 bits per heavy atom. The summed E-state index contributed by atoms with van der Waals surface area (Å²) in [5, 5.41) is 15.2. The number of aromatic nitrogens is 2. The van der Waals surface area contributed by atoms with E-state index in [4.69, 9.17) is 16.7 Å². The maximum Gasteiger partial charge on any atom is 0.274 e. The molecule has 0 aliphatic carbocycles. The smallest absolute Gasteiger partial charge is 0.274 e. The van der Waals surface area contributed by atoms with E-state index in [0.717, 1.165) is 24.4 Å². The van der Waals surface area contributed by atoms with Crippen LogP contribution in [0.15, 0.2) is 35.0 Å². The van der Waals surface area contributed by atoms with E-state index in [1.165, 1.54) is 11.3 Å². The molecule has 1 fully saturated rings. The molecule has 1 aliphatic heterocycles. The van der Waals surface area contributed by atoms with Crippen LogP contribution in [0.25, 0.3) is 5.52 Å². The van der Waals surface area contributed by atoms with Gasteiger partial charge in [-0.2, -0.15) is 0 Å². The summed E-state index contributed by atoms with van der Waals surface area (Å²) in [6, 6.07) is 8.43. The average Bonchev–Trinajstić information content (AvgIpc) is 3.23. The first kappa shape index (κ1) is 17.3. The number of fused-ring (bicyclic) bond motifs is 1.